The van der Waals surface area contributed by atoms with Gasteiger partial charge in [0.25, 0.3) is 0 Å². The summed E-state index contributed by atoms with van der Waals surface area (Å²) in [5.74, 6) is -0.0864. The number of aliphatic hydroxyl groups is 2. The fourth-order valence-electron chi connectivity index (χ4n) is 7.21. The van der Waals surface area contributed by atoms with E-state index in [0.717, 1.165) is 44.9 Å². The van der Waals surface area contributed by atoms with Gasteiger partial charge in [-0.3, -0.25) is 9.59 Å². The Hall–Kier alpha value is -1.66. The summed E-state index contributed by atoms with van der Waals surface area (Å²) in [4.78, 5) is 24.3. The van der Waals surface area contributed by atoms with Crippen molar-refractivity contribution in [2.24, 2.45) is 0 Å². The molecule has 0 rings (SSSR count). The first kappa shape index (κ1) is 53.3. The lowest BCUT2D eigenvalue weighted by molar-refractivity contribution is -0.143. The van der Waals surface area contributed by atoms with Crippen molar-refractivity contribution in [1.29, 1.82) is 0 Å². The number of amides is 1. The average Bonchev–Trinajstić information content (AvgIpc) is 3.18. The summed E-state index contributed by atoms with van der Waals surface area (Å²) in [5, 5.41) is 22.9. The maximum atomic E-state index is 12.4. The summed E-state index contributed by atoms with van der Waals surface area (Å²) in [6.45, 7) is 4.83. The van der Waals surface area contributed by atoms with E-state index in [0.29, 0.717) is 19.4 Å². The number of esters is 1. The van der Waals surface area contributed by atoms with E-state index >= 15 is 0 Å². The quantitative estimate of drug-likeness (QED) is 0.0325. The second-order valence-electron chi connectivity index (χ2n) is 16.4. The molecule has 0 aromatic heterocycles. The molecule has 1 amide bonds. The fraction of sp³-hybridized carbons (Fsp3) is 0.878. The molecular weight excluding hydrogens is 683 g/mol. The molecule has 0 heterocycles. The number of ether oxygens (including phenoxy) is 1. The van der Waals surface area contributed by atoms with Crippen LogP contribution in [0.25, 0.3) is 0 Å². The number of aliphatic hydroxyl groups excluding tert-OH is 2. The molecule has 6 nitrogen and oxygen atoms in total. The van der Waals surface area contributed by atoms with Crippen molar-refractivity contribution < 1.29 is 24.5 Å². The van der Waals surface area contributed by atoms with Gasteiger partial charge in [0.15, 0.2) is 0 Å². The molecule has 0 spiro atoms. The first-order valence-corrected chi connectivity index (χ1v) is 24.1. The lowest BCUT2D eigenvalue weighted by Gasteiger charge is -2.20. The molecule has 0 aliphatic heterocycles. The first-order valence-electron chi connectivity index (χ1n) is 24.1. The number of nitrogens with one attached hydrogen (secondary N) is 1. The molecule has 6 heteroatoms. The van der Waals surface area contributed by atoms with Gasteiger partial charge in [0, 0.05) is 12.8 Å². The summed E-state index contributed by atoms with van der Waals surface area (Å²) >= 11 is 0. The standard InChI is InChI=1S/C49H93NO5/c1-3-5-7-9-11-13-15-23-27-31-35-39-43-49(54)55-44-40-36-32-28-24-21-19-17-16-18-20-22-26-30-34-38-42-48(53)50-46(45-51)47(52)41-37-33-29-25-14-12-10-8-6-4-2/h11,13,37,41,46-47,51-52H,3-10,12,14-36,38-40,42-45H2,1-2H3,(H,50,53)/b13-11-,41-37+. The van der Waals surface area contributed by atoms with Crippen molar-refractivity contribution in [3.05, 3.63) is 24.3 Å². The molecule has 0 aliphatic rings. The topological polar surface area (TPSA) is 95.9 Å². The molecule has 0 saturated carbocycles. The Bertz CT molecular complexity index is 858. The van der Waals surface area contributed by atoms with Crippen molar-refractivity contribution >= 4 is 11.9 Å². The van der Waals surface area contributed by atoms with Crippen LogP contribution < -0.4 is 5.32 Å². The van der Waals surface area contributed by atoms with Crippen LogP contribution >= 0.6 is 0 Å². The van der Waals surface area contributed by atoms with Gasteiger partial charge < -0.3 is 20.3 Å². The van der Waals surface area contributed by atoms with Crippen LogP contribution in [0.1, 0.15) is 251 Å². The Morgan fingerprint density at radius 2 is 0.855 bits per heavy atom. The van der Waals surface area contributed by atoms with Crippen LogP contribution in [0.5, 0.6) is 0 Å². The van der Waals surface area contributed by atoms with Crippen LogP contribution in [0.2, 0.25) is 0 Å². The third-order valence-electron chi connectivity index (χ3n) is 11.0. The van der Waals surface area contributed by atoms with Gasteiger partial charge in [0.05, 0.1) is 25.4 Å². The molecular formula is C49H93NO5. The Balaban J connectivity index is 3.44. The van der Waals surface area contributed by atoms with Crippen LogP contribution in [0.15, 0.2) is 24.3 Å². The molecule has 0 fully saturated rings. The third kappa shape index (κ3) is 41.8. The largest absolute Gasteiger partial charge is 0.466 e. The van der Waals surface area contributed by atoms with E-state index in [2.05, 4.69) is 31.3 Å². The van der Waals surface area contributed by atoms with Gasteiger partial charge in [-0.25, -0.2) is 0 Å². The average molecular weight is 776 g/mol. The molecule has 0 radical (unpaired) electrons. The predicted molar refractivity (Wildman–Crippen MR) is 236 cm³/mol. The summed E-state index contributed by atoms with van der Waals surface area (Å²) in [6, 6.07) is -0.630. The maximum Gasteiger partial charge on any atom is 0.305 e. The minimum Gasteiger partial charge on any atom is -0.466 e. The SMILES string of the molecule is CCCCC/C=C\CCCCCCCC(=O)OCCCCCCCCCCCCCCCCCCC(=O)NC(CO)C(O)/C=C/CCCCCCCCCC. The van der Waals surface area contributed by atoms with Crippen LogP contribution in [0, 0.1) is 0 Å². The Labute approximate surface area is 341 Å². The molecule has 3 N–H and O–H groups in total. The Morgan fingerprint density at radius 1 is 0.491 bits per heavy atom. The molecule has 55 heavy (non-hydrogen) atoms. The van der Waals surface area contributed by atoms with E-state index in [-0.39, 0.29) is 18.5 Å². The van der Waals surface area contributed by atoms with Crippen LogP contribution in [0.4, 0.5) is 0 Å². The smallest absolute Gasteiger partial charge is 0.305 e. The van der Waals surface area contributed by atoms with E-state index in [4.69, 9.17) is 4.74 Å². The summed E-state index contributed by atoms with van der Waals surface area (Å²) in [6.07, 6.45) is 51.7. The monoisotopic (exact) mass is 776 g/mol. The molecule has 0 aliphatic carbocycles. The number of unbranched alkanes of at least 4 members (excludes halogenated alkanes) is 31. The zero-order chi connectivity index (χ0) is 40.1. The summed E-state index contributed by atoms with van der Waals surface area (Å²) < 4.78 is 5.44. The number of carbonyl (C=O) groups excluding carboxylic acids is 2. The van der Waals surface area contributed by atoms with Gasteiger partial charge >= 0.3 is 5.97 Å². The molecule has 2 unspecified atom stereocenters. The second-order valence-corrected chi connectivity index (χ2v) is 16.4. The van der Waals surface area contributed by atoms with E-state index in [9.17, 15) is 19.8 Å². The highest BCUT2D eigenvalue weighted by molar-refractivity contribution is 5.76. The molecule has 0 bridgehead atoms. The van der Waals surface area contributed by atoms with E-state index < -0.39 is 12.1 Å². The van der Waals surface area contributed by atoms with Crippen LogP contribution in [-0.2, 0) is 14.3 Å². The minimum absolute atomic E-state index is 0.00876. The lowest BCUT2D eigenvalue weighted by atomic mass is 10.0. The summed E-state index contributed by atoms with van der Waals surface area (Å²) in [5.41, 5.74) is 0. The van der Waals surface area contributed by atoms with Gasteiger partial charge in [0.2, 0.25) is 5.91 Å². The van der Waals surface area contributed by atoms with Gasteiger partial charge in [-0.15, -0.1) is 0 Å². The van der Waals surface area contributed by atoms with Crippen molar-refractivity contribution in [3.63, 3.8) is 0 Å². The Kier molecular flexibility index (Phi) is 43.7. The molecule has 324 valence electrons. The van der Waals surface area contributed by atoms with Gasteiger partial charge in [-0.2, -0.15) is 0 Å². The fourth-order valence-corrected chi connectivity index (χ4v) is 7.21. The second kappa shape index (κ2) is 45.0. The van der Waals surface area contributed by atoms with Crippen LogP contribution in [0.3, 0.4) is 0 Å². The van der Waals surface area contributed by atoms with E-state index in [1.165, 1.54) is 180 Å². The van der Waals surface area contributed by atoms with Crippen molar-refractivity contribution in [1.82, 2.24) is 5.32 Å². The highest BCUT2D eigenvalue weighted by Gasteiger charge is 2.18. The van der Waals surface area contributed by atoms with Crippen molar-refractivity contribution in [3.8, 4) is 0 Å². The number of allylic oxidation sites excluding steroid dienone is 3. The number of rotatable bonds is 44. The first-order chi connectivity index (χ1) is 27.0. The minimum atomic E-state index is -0.846. The van der Waals surface area contributed by atoms with E-state index in [1.807, 2.05) is 6.08 Å². The van der Waals surface area contributed by atoms with Crippen LogP contribution in [-0.4, -0.2) is 47.4 Å². The maximum absolute atomic E-state index is 12.4. The number of hydrogen-bond donors (Lipinski definition) is 3. The number of carbonyl (C=O) groups is 2. The summed E-state index contributed by atoms with van der Waals surface area (Å²) in [7, 11) is 0. The molecule has 0 aromatic rings. The predicted octanol–water partition coefficient (Wildman–Crippen LogP) is 14.0. The van der Waals surface area contributed by atoms with Gasteiger partial charge in [0.1, 0.15) is 0 Å². The molecule has 0 aromatic carbocycles. The van der Waals surface area contributed by atoms with Crippen molar-refractivity contribution in [2.75, 3.05) is 13.2 Å². The van der Waals surface area contributed by atoms with E-state index in [1.54, 1.807) is 6.08 Å². The van der Waals surface area contributed by atoms with Gasteiger partial charge in [-0.05, 0) is 57.8 Å². The zero-order valence-corrected chi connectivity index (χ0v) is 36.7. The third-order valence-corrected chi connectivity index (χ3v) is 11.0. The highest BCUT2D eigenvalue weighted by atomic mass is 16.5. The Morgan fingerprint density at radius 3 is 1.33 bits per heavy atom. The van der Waals surface area contributed by atoms with Gasteiger partial charge in [-0.1, -0.05) is 205 Å². The molecule has 0 saturated heterocycles. The zero-order valence-electron chi connectivity index (χ0n) is 36.7. The highest BCUT2D eigenvalue weighted by Crippen LogP contribution is 2.15. The normalized spacial score (nSPS) is 12.9. The molecule has 2 atom stereocenters. The number of hydrogen-bond acceptors (Lipinski definition) is 5. The van der Waals surface area contributed by atoms with Crippen molar-refractivity contribution in [2.45, 2.75) is 264 Å². The lowest BCUT2D eigenvalue weighted by Crippen LogP contribution is -2.45.